The second kappa shape index (κ2) is 3.61. The molecule has 1 aliphatic rings. The van der Waals surface area contributed by atoms with Crippen molar-refractivity contribution in [1.29, 1.82) is 0 Å². The van der Waals surface area contributed by atoms with E-state index in [1.165, 1.54) is 24.2 Å². The summed E-state index contributed by atoms with van der Waals surface area (Å²) in [6, 6.07) is 0. The topological polar surface area (TPSA) is 53.0 Å². The zero-order valence-electron chi connectivity index (χ0n) is 6.74. The van der Waals surface area contributed by atoms with Gasteiger partial charge in [-0.25, -0.2) is 4.98 Å². The summed E-state index contributed by atoms with van der Waals surface area (Å²) in [5.41, 5.74) is 0. The van der Waals surface area contributed by atoms with Crippen LogP contribution in [0.3, 0.4) is 0 Å². The number of aromatic nitrogens is 1. The molecule has 0 N–H and O–H groups in total. The third kappa shape index (κ3) is 1.89. The molecule has 1 aliphatic carbocycles. The average Bonchev–Trinajstić information content (AvgIpc) is 2.68. The number of hydrogen-bond acceptors (Lipinski definition) is 4. The fourth-order valence-corrected chi connectivity index (χ4v) is 1.86. The van der Waals surface area contributed by atoms with Crippen LogP contribution in [0.5, 0.6) is 0 Å². The molecule has 1 aromatic heterocycles. The maximum absolute atomic E-state index is 10.3. The van der Waals surface area contributed by atoms with Gasteiger partial charge in [-0.3, -0.25) is 0 Å². The van der Waals surface area contributed by atoms with E-state index in [1.54, 1.807) is 6.20 Å². The summed E-state index contributed by atoms with van der Waals surface area (Å²) >= 11 is 1.24. The molecule has 0 unspecified atom stereocenters. The number of carbonyl (C=O) groups excluding carboxylic acids is 1. The molecule has 1 saturated carbocycles. The Morgan fingerprint density at radius 2 is 2.33 bits per heavy atom. The Morgan fingerprint density at radius 1 is 1.67 bits per heavy atom. The van der Waals surface area contributed by atoms with Crippen LogP contribution in [-0.4, -0.2) is 11.0 Å². The van der Waals surface area contributed by atoms with Gasteiger partial charge >= 0.3 is 18.9 Å². The van der Waals surface area contributed by atoms with E-state index in [0.29, 0.717) is 5.92 Å². The van der Waals surface area contributed by atoms with Crippen molar-refractivity contribution >= 4 is 17.3 Å². The molecule has 0 saturated heterocycles. The van der Waals surface area contributed by atoms with Gasteiger partial charge in [0.25, 0.3) is 0 Å². The van der Waals surface area contributed by atoms with Crippen LogP contribution in [0.2, 0.25) is 0 Å². The van der Waals surface area contributed by atoms with Gasteiger partial charge in [0, 0.05) is 11.1 Å². The predicted molar refractivity (Wildman–Crippen MR) is 38.4 cm³/mol. The molecule has 0 spiro atoms. The SMILES string of the molecule is O=C([O-])c1ncc(C2CC2)s1.[Li+]. The Morgan fingerprint density at radius 3 is 2.75 bits per heavy atom. The van der Waals surface area contributed by atoms with Crippen molar-refractivity contribution in [1.82, 2.24) is 4.98 Å². The zero-order valence-corrected chi connectivity index (χ0v) is 7.56. The van der Waals surface area contributed by atoms with Gasteiger partial charge < -0.3 is 9.90 Å². The smallest absolute Gasteiger partial charge is 0.542 e. The molecule has 58 valence electrons. The van der Waals surface area contributed by atoms with Gasteiger partial charge in [0.1, 0.15) is 11.0 Å². The first-order chi connectivity index (χ1) is 5.27. The number of rotatable bonds is 2. The largest absolute Gasteiger partial charge is 1.00 e. The number of carboxylic acids is 1. The van der Waals surface area contributed by atoms with Gasteiger partial charge in [0.05, 0.1) is 0 Å². The van der Waals surface area contributed by atoms with Gasteiger partial charge in [0.2, 0.25) is 0 Å². The number of hydrogen-bond donors (Lipinski definition) is 0. The third-order valence-corrected chi connectivity index (χ3v) is 2.82. The van der Waals surface area contributed by atoms with Crippen molar-refractivity contribution in [3.8, 4) is 0 Å². The van der Waals surface area contributed by atoms with Crippen LogP contribution >= 0.6 is 11.3 Å². The standard InChI is InChI=1S/C7H7NO2S.Li/c9-7(10)6-8-3-5(11-6)4-1-2-4;/h3-4H,1-2H2,(H,9,10);/q;+1/p-1. The van der Waals surface area contributed by atoms with E-state index in [0.717, 1.165) is 4.88 Å². The van der Waals surface area contributed by atoms with Crippen molar-refractivity contribution in [2.24, 2.45) is 0 Å². The molecule has 1 heterocycles. The Balaban J connectivity index is 0.000000720. The van der Waals surface area contributed by atoms with E-state index in [4.69, 9.17) is 0 Å². The zero-order chi connectivity index (χ0) is 7.84. The normalized spacial score (nSPS) is 15.3. The molecule has 1 fully saturated rings. The summed E-state index contributed by atoms with van der Waals surface area (Å²) in [4.78, 5) is 15.1. The van der Waals surface area contributed by atoms with Crippen LogP contribution in [-0.2, 0) is 0 Å². The average molecular weight is 175 g/mol. The molecule has 0 radical (unpaired) electrons. The van der Waals surface area contributed by atoms with Crippen LogP contribution in [0.1, 0.15) is 33.4 Å². The van der Waals surface area contributed by atoms with Gasteiger partial charge in [-0.2, -0.15) is 0 Å². The Bertz CT molecular complexity index is 295. The fourth-order valence-electron chi connectivity index (χ4n) is 0.938. The summed E-state index contributed by atoms with van der Waals surface area (Å²) in [5.74, 6) is -0.581. The maximum Gasteiger partial charge on any atom is 1.00 e. The molecule has 0 aromatic carbocycles. The van der Waals surface area contributed by atoms with E-state index in [2.05, 4.69) is 4.98 Å². The van der Waals surface area contributed by atoms with E-state index < -0.39 is 5.97 Å². The molecule has 0 amide bonds. The summed E-state index contributed by atoms with van der Waals surface area (Å²) in [6.45, 7) is 0. The van der Waals surface area contributed by atoms with Gasteiger partial charge in [-0.15, -0.1) is 11.3 Å². The third-order valence-electron chi connectivity index (χ3n) is 1.68. The molecular formula is C7H6LiNO2S. The van der Waals surface area contributed by atoms with Crippen LogP contribution in [0.4, 0.5) is 0 Å². The van der Waals surface area contributed by atoms with Crippen molar-refractivity contribution < 1.29 is 28.8 Å². The van der Waals surface area contributed by atoms with Crippen molar-refractivity contribution in [2.45, 2.75) is 18.8 Å². The number of aromatic carboxylic acids is 1. The molecule has 12 heavy (non-hydrogen) atoms. The van der Waals surface area contributed by atoms with E-state index in [-0.39, 0.29) is 23.9 Å². The Labute approximate surface area is 86.0 Å². The summed E-state index contributed by atoms with van der Waals surface area (Å²) in [6.07, 6.45) is 4.00. The first kappa shape index (κ1) is 9.78. The molecule has 3 nitrogen and oxygen atoms in total. The number of carboxylic acid groups (broad SMARTS) is 1. The minimum absolute atomic E-state index is 0. The summed E-state index contributed by atoms with van der Waals surface area (Å²) in [5, 5.41) is 10.4. The second-order valence-electron chi connectivity index (χ2n) is 2.63. The minimum atomic E-state index is -1.16. The molecule has 5 heteroatoms. The van der Waals surface area contributed by atoms with Crippen molar-refractivity contribution in [3.63, 3.8) is 0 Å². The van der Waals surface area contributed by atoms with Crippen LogP contribution in [0.15, 0.2) is 6.20 Å². The first-order valence-electron chi connectivity index (χ1n) is 3.44. The van der Waals surface area contributed by atoms with Crippen LogP contribution in [0.25, 0.3) is 0 Å². The molecule has 0 bridgehead atoms. The number of nitrogens with zero attached hydrogens (tertiary/aromatic N) is 1. The van der Waals surface area contributed by atoms with Crippen LogP contribution < -0.4 is 24.0 Å². The van der Waals surface area contributed by atoms with Gasteiger partial charge in [-0.05, 0) is 18.8 Å². The number of carbonyl (C=O) groups is 1. The Kier molecular flexibility index (Phi) is 2.94. The predicted octanol–water partition coefficient (Wildman–Crippen LogP) is -2.61. The monoisotopic (exact) mass is 175 g/mol. The van der Waals surface area contributed by atoms with E-state index >= 15 is 0 Å². The molecular weight excluding hydrogens is 169 g/mol. The molecule has 2 rings (SSSR count). The van der Waals surface area contributed by atoms with Gasteiger partial charge in [-0.1, -0.05) is 0 Å². The van der Waals surface area contributed by atoms with E-state index in [1.807, 2.05) is 0 Å². The molecule has 0 aliphatic heterocycles. The molecule has 1 aromatic rings. The Hall–Kier alpha value is -0.303. The minimum Gasteiger partial charge on any atom is -0.542 e. The van der Waals surface area contributed by atoms with Crippen LogP contribution in [0, 0.1) is 0 Å². The quantitative estimate of drug-likeness (QED) is 0.463. The number of thiazole rings is 1. The second-order valence-corrected chi connectivity index (χ2v) is 3.69. The van der Waals surface area contributed by atoms with Crippen molar-refractivity contribution in [2.75, 3.05) is 0 Å². The van der Waals surface area contributed by atoms with Gasteiger partial charge in [0.15, 0.2) is 0 Å². The molecule has 0 atom stereocenters. The summed E-state index contributed by atoms with van der Waals surface area (Å²) in [7, 11) is 0. The first-order valence-corrected chi connectivity index (χ1v) is 4.26. The fraction of sp³-hybridized carbons (Fsp3) is 0.429. The summed E-state index contributed by atoms with van der Waals surface area (Å²) < 4.78 is 0. The van der Waals surface area contributed by atoms with Crippen molar-refractivity contribution in [3.05, 3.63) is 16.1 Å². The maximum atomic E-state index is 10.3. The van der Waals surface area contributed by atoms with E-state index in [9.17, 15) is 9.90 Å².